The number of nitrogen functional groups attached to an aromatic ring is 1. The third-order valence-corrected chi connectivity index (χ3v) is 4.25. The number of halogens is 1. The van der Waals surface area contributed by atoms with Crippen molar-refractivity contribution in [3.05, 3.63) is 52.6 Å². The molecule has 100 valence electrons. The third-order valence-electron chi connectivity index (χ3n) is 2.72. The molecule has 0 spiro atoms. The zero-order valence-electron chi connectivity index (χ0n) is 10.2. The fourth-order valence-electron chi connectivity index (χ4n) is 1.79. The van der Waals surface area contributed by atoms with Crippen molar-refractivity contribution in [2.45, 2.75) is 10.1 Å². The van der Waals surface area contributed by atoms with Crippen LogP contribution < -0.4 is 5.73 Å². The maximum atomic E-state index is 7.67. The van der Waals surface area contributed by atoms with Crippen molar-refractivity contribution < 1.29 is 0 Å². The molecule has 3 aromatic rings. The zero-order chi connectivity index (χ0) is 14.1. The Morgan fingerprint density at radius 2 is 2.10 bits per heavy atom. The number of rotatable bonds is 3. The quantitative estimate of drug-likeness (QED) is 0.563. The smallest absolute Gasteiger partial charge is 0.200 e. The van der Waals surface area contributed by atoms with Crippen molar-refractivity contribution in [2.75, 3.05) is 0 Å². The Labute approximate surface area is 127 Å². The van der Waals surface area contributed by atoms with E-state index in [1.165, 1.54) is 11.8 Å². The highest BCUT2D eigenvalue weighted by Crippen LogP contribution is 2.31. The number of fused-ring (bicyclic) bond motifs is 1. The molecule has 0 bridgehead atoms. The summed E-state index contributed by atoms with van der Waals surface area (Å²) in [7, 11) is 0. The number of amidine groups is 1. The third kappa shape index (κ3) is 2.41. The van der Waals surface area contributed by atoms with Crippen LogP contribution in [0.2, 0.25) is 0 Å². The second-order valence-corrected chi connectivity index (χ2v) is 5.99. The molecule has 7 heteroatoms. The maximum absolute atomic E-state index is 7.67. The van der Waals surface area contributed by atoms with Crippen LogP contribution in [0.1, 0.15) is 5.56 Å². The molecule has 20 heavy (non-hydrogen) atoms. The van der Waals surface area contributed by atoms with Gasteiger partial charge < -0.3 is 5.73 Å². The zero-order valence-corrected chi connectivity index (χ0v) is 12.6. The minimum absolute atomic E-state index is 0.0302. The van der Waals surface area contributed by atoms with Crippen LogP contribution >= 0.6 is 27.7 Å². The lowest BCUT2D eigenvalue weighted by Crippen LogP contribution is -2.12. The lowest BCUT2D eigenvalue weighted by molar-refractivity contribution is 0.921. The predicted octanol–water partition coefficient (Wildman–Crippen LogP) is 2.93. The highest BCUT2D eigenvalue weighted by molar-refractivity contribution is 9.10. The number of nitrogens with two attached hydrogens (primary N) is 1. The molecule has 3 rings (SSSR count). The minimum Gasteiger partial charge on any atom is -0.384 e. The van der Waals surface area contributed by atoms with E-state index in [9.17, 15) is 0 Å². The molecule has 2 heterocycles. The van der Waals surface area contributed by atoms with Crippen molar-refractivity contribution in [3.63, 3.8) is 0 Å². The van der Waals surface area contributed by atoms with E-state index in [0.717, 1.165) is 20.2 Å². The van der Waals surface area contributed by atoms with E-state index in [4.69, 9.17) is 11.1 Å². The molecule has 0 saturated carbocycles. The molecule has 0 fully saturated rings. The molecule has 0 unspecified atom stereocenters. The molecule has 0 aliphatic carbocycles. The van der Waals surface area contributed by atoms with E-state index in [0.29, 0.717) is 5.56 Å². The van der Waals surface area contributed by atoms with Crippen LogP contribution in [0.4, 0.5) is 0 Å². The monoisotopic (exact) mass is 347 g/mol. The van der Waals surface area contributed by atoms with Crippen LogP contribution in [0.5, 0.6) is 0 Å². The SMILES string of the molecule is N=C(N)c1cc(Br)ccc1Sc1nnc2ccccn12. The molecule has 2 aromatic heterocycles. The summed E-state index contributed by atoms with van der Waals surface area (Å²) in [6, 6.07) is 11.4. The molecule has 0 atom stereocenters. The average Bonchev–Trinajstić information content (AvgIpc) is 2.84. The summed E-state index contributed by atoms with van der Waals surface area (Å²) < 4.78 is 2.79. The van der Waals surface area contributed by atoms with E-state index < -0.39 is 0 Å². The second kappa shape index (κ2) is 5.26. The Kier molecular flexibility index (Phi) is 3.45. The predicted molar refractivity (Wildman–Crippen MR) is 82.3 cm³/mol. The molecule has 0 saturated heterocycles. The van der Waals surface area contributed by atoms with Crippen LogP contribution in [0.3, 0.4) is 0 Å². The van der Waals surface area contributed by atoms with E-state index in [2.05, 4.69) is 26.1 Å². The molecular formula is C13H10BrN5S. The first-order valence-corrected chi connectivity index (χ1v) is 7.37. The Morgan fingerprint density at radius 1 is 1.25 bits per heavy atom. The van der Waals surface area contributed by atoms with Gasteiger partial charge >= 0.3 is 0 Å². The van der Waals surface area contributed by atoms with Gasteiger partial charge in [0.25, 0.3) is 0 Å². The van der Waals surface area contributed by atoms with Crippen LogP contribution in [-0.2, 0) is 0 Å². The van der Waals surface area contributed by atoms with Crippen LogP contribution in [-0.4, -0.2) is 20.4 Å². The van der Waals surface area contributed by atoms with Gasteiger partial charge in [-0.05, 0) is 42.1 Å². The normalized spacial score (nSPS) is 10.8. The number of nitrogens with one attached hydrogen (secondary N) is 1. The van der Waals surface area contributed by atoms with E-state index >= 15 is 0 Å². The average molecular weight is 348 g/mol. The molecular weight excluding hydrogens is 338 g/mol. The van der Waals surface area contributed by atoms with Crippen molar-refractivity contribution in [1.82, 2.24) is 14.6 Å². The summed E-state index contributed by atoms with van der Waals surface area (Å²) in [6.45, 7) is 0. The van der Waals surface area contributed by atoms with E-state index in [-0.39, 0.29) is 5.84 Å². The van der Waals surface area contributed by atoms with E-state index in [1.54, 1.807) is 0 Å². The van der Waals surface area contributed by atoms with Crippen LogP contribution in [0.15, 0.2) is 57.1 Å². The summed E-state index contributed by atoms with van der Waals surface area (Å²) in [6.07, 6.45) is 1.91. The summed E-state index contributed by atoms with van der Waals surface area (Å²) in [5.41, 5.74) is 7.10. The van der Waals surface area contributed by atoms with Gasteiger partial charge in [-0.25, -0.2) is 0 Å². The topological polar surface area (TPSA) is 80.1 Å². The lowest BCUT2D eigenvalue weighted by atomic mass is 10.2. The van der Waals surface area contributed by atoms with Crippen molar-refractivity contribution >= 4 is 39.2 Å². The van der Waals surface area contributed by atoms with Gasteiger partial charge in [0.1, 0.15) is 5.84 Å². The Hall–Kier alpha value is -1.86. The van der Waals surface area contributed by atoms with Crippen LogP contribution in [0, 0.1) is 5.41 Å². The lowest BCUT2D eigenvalue weighted by Gasteiger charge is -2.07. The van der Waals surface area contributed by atoms with Gasteiger partial charge in [0.05, 0.1) is 0 Å². The van der Waals surface area contributed by atoms with Gasteiger partial charge in [0.2, 0.25) is 0 Å². The Morgan fingerprint density at radius 3 is 2.90 bits per heavy atom. The molecule has 0 amide bonds. The summed E-state index contributed by atoms with van der Waals surface area (Å²) in [4.78, 5) is 0.874. The first kappa shape index (κ1) is 13.1. The van der Waals surface area contributed by atoms with Gasteiger partial charge in [-0.15, -0.1) is 10.2 Å². The van der Waals surface area contributed by atoms with Gasteiger partial charge in [-0.1, -0.05) is 22.0 Å². The first-order chi connectivity index (χ1) is 9.65. The van der Waals surface area contributed by atoms with Gasteiger partial charge in [-0.3, -0.25) is 9.81 Å². The van der Waals surface area contributed by atoms with Crippen LogP contribution in [0.25, 0.3) is 5.65 Å². The Bertz CT molecular complexity index is 798. The summed E-state index contributed by atoms with van der Waals surface area (Å²) in [5.74, 6) is 0.0302. The second-order valence-electron chi connectivity index (χ2n) is 4.07. The molecule has 0 aliphatic heterocycles. The fraction of sp³-hybridized carbons (Fsp3) is 0. The highest BCUT2D eigenvalue weighted by atomic mass is 79.9. The number of nitrogens with zero attached hydrogens (tertiary/aromatic N) is 3. The number of hydrogen-bond donors (Lipinski definition) is 2. The molecule has 0 radical (unpaired) electrons. The molecule has 0 aliphatic rings. The standard InChI is InChI=1S/C13H10BrN5S/c14-8-4-5-10(9(7-8)12(15)16)20-13-18-17-11-3-1-2-6-19(11)13/h1-7H,(H3,15,16). The van der Waals surface area contributed by atoms with Crippen molar-refractivity contribution in [3.8, 4) is 0 Å². The van der Waals surface area contributed by atoms with Gasteiger partial charge in [-0.2, -0.15) is 0 Å². The van der Waals surface area contributed by atoms with E-state index in [1.807, 2.05) is 47.0 Å². The fourth-order valence-corrected chi connectivity index (χ4v) is 3.10. The van der Waals surface area contributed by atoms with Crippen molar-refractivity contribution in [1.29, 1.82) is 5.41 Å². The maximum Gasteiger partial charge on any atom is 0.200 e. The number of pyridine rings is 1. The number of benzene rings is 1. The van der Waals surface area contributed by atoms with Gasteiger partial charge in [0.15, 0.2) is 10.8 Å². The largest absolute Gasteiger partial charge is 0.384 e. The Balaban J connectivity index is 2.05. The minimum atomic E-state index is 0.0302. The first-order valence-electron chi connectivity index (χ1n) is 5.77. The molecule has 3 N–H and O–H groups in total. The number of aromatic nitrogens is 3. The number of hydrogen-bond acceptors (Lipinski definition) is 4. The van der Waals surface area contributed by atoms with Gasteiger partial charge in [0, 0.05) is 21.1 Å². The summed E-state index contributed by atoms with van der Waals surface area (Å²) >= 11 is 4.82. The van der Waals surface area contributed by atoms with Crippen molar-refractivity contribution in [2.24, 2.45) is 5.73 Å². The highest BCUT2D eigenvalue weighted by Gasteiger charge is 2.12. The summed E-state index contributed by atoms with van der Waals surface area (Å²) in [5, 5.41) is 16.7. The molecule has 5 nitrogen and oxygen atoms in total. The molecule has 1 aromatic carbocycles.